The van der Waals surface area contributed by atoms with Crippen LogP contribution in [0.25, 0.3) is 10.2 Å². The normalized spacial score (nSPS) is 19.9. The van der Waals surface area contributed by atoms with E-state index in [4.69, 9.17) is 12.2 Å². The third-order valence-electron chi connectivity index (χ3n) is 3.19. The Kier molecular flexibility index (Phi) is 2.26. The standard InChI is InChI=1S/C11H12N2OS2/c1-5-2-3-6-7(4-5)16-10-8(6)9(14)12-11(15)13-10/h5H,2-4H2,1H3,(H2,12,13,14,15)/t5-/m0/s1. The molecule has 2 aromatic heterocycles. The Morgan fingerprint density at radius 1 is 1.44 bits per heavy atom. The molecule has 2 N–H and O–H groups in total. The van der Waals surface area contributed by atoms with E-state index in [9.17, 15) is 4.79 Å². The van der Waals surface area contributed by atoms with Crippen molar-refractivity contribution in [1.29, 1.82) is 0 Å². The molecule has 16 heavy (non-hydrogen) atoms. The van der Waals surface area contributed by atoms with Crippen molar-refractivity contribution in [2.75, 3.05) is 0 Å². The van der Waals surface area contributed by atoms with E-state index in [1.54, 1.807) is 11.3 Å². The molecule has 0 aliphatic heterocycles. The summed E-state index contributed by atoms with van der Waals surface area (Å²) < 4.78 is 0.421. The zero-order valence-electron chi connectivity index (χ0n) is 8.92. The second kappa shape index (κ2) is 3.53. The first-order chi connectivity index (χ1) is 7.65. The molecule has 5 heteroatoms. The van der Waals surface area contributed by atoms with E-state index < -0.39 is 0 Å². The predicted molar refractivity (Wildman–Crippen MR) is 68.8 cm³/mol. The quantitative estimate of drug-likeness (QED) is 0.708. The molecule has 0 saturated heterocycles. The monoisotopic (exact) mass is 252 g/mol. The van der Waals surface area contributed by atoms with Crippen molar-refractivity contribution in [2.45, 2.75) is 26.2 Å². The lowest BCUT2D eigenvalue weighted by molar-refractivity contribution is 0.509. The fraction of sp³-hybridized carbons (Fsp3) is 0.455. The Morgan fingerprint density at radius 3 is 3.06 bits per heavy atom. The van der Waals surface area contributed by atoms with Crippen LogP contribution >= 0.6 is 23.6 Å². The van der Waals surface area contributed by atoms with Gasteiger partial charge in [-0.15, -0.1) is 11.3 Å². The molecule has 2 heterocycles. The second-order valence-corrected chi connectivity index (χ2v) is 5.98. The Balaban J connectivity index is 2.38. The minimum Gasteiger partial charge on any atom is -0.323 e. The predicted octanol–water partition coefficient (Wildman–Crippen LogP) is 2.77. The highest BCUT2D eigenvalue weighted by atomic mass is 32.1. The molecular formula is C11H12N2OS2. The number of hydrogen-bond acceptors (Lipinski definition) is 3. The molecule has 0 amide bonds. The van der Waals surface area contributed by atoms with Gasteiger partial charge in [0.2, 0.25) is 0 Å². The molecule has 0 radical (unpaired) electrons. The smallest absolute Gasteiger partial charge is 0.260 e. The number of fused-ring (bicyclic) bond motifs is 3. The number of aryl methyl sites for hydroxylation is 1. The summed E-state index contributed by atoms with van der Waals surface area (Å²) in [5, 5.41) is 0.834. The lowest BCUT2D eigenvalue weighted by Gasteiger charge is -2.17. The number of thiophene rings is 1. The summed E-state index contributed by atoms with van der Waals surface area (Å²) in [7, 11) is 0. The van der Waals surface area contributed by atoms with E-state index in [0.717, 1.165) is 29.0 Å². The molecule has 1 aliphatic rings. The van der Waals surface area contributed by atoms with E-state index in [-0.39, 0.29) is 5.56 Å². The van der Waals surface area contributed by atoms with E-state index in [0.29, 0.717) is 4.77 Å². The maximum absolute atomic E-state index is 11.9. The highest BCUT2D eigenvalue weighted by Gasteiger charge is 2.21. The van der Waals surface area contributed by atoms with Crippen molar-refractivity contribution in [3.8, 4) is 0 Å². The molecule has 84 valence electrons. The van der Waals surface area contributed by atoms with Gasteiger partial charge in [-0.2, -0.15) is 0 Å². The maximum atomic E-state index is 11.9. The Morgan fingerprint density at radius 2 is 2.25 bits per heavy atom. The Labute approximate surface area is 102 Å². The number of aromatic nitrogens is 2. The topological polar surface area (TPSA) is 48.6 Å². The molecular weight excluding hydrogens is 240 g/mol. The van der Waals surface area contributed by atoms with Crippen molar-refractivity contribution in [1.82, 2.24) is 9.97 Å². The largest absolute Gasteiger partial charge is 0.323 e. The molecule has 3 nitrogen and oxygen atoms in total. The van der Waals surface area contributed by atoms with Crippen LogP contribution in [0.2, 0.25) is 0 Å². The minimum absolute atomic E-state index is 0.0363. The number of H-pyrrole nitrogens is 2. The highest BCUT2D eigenvalue weighted by Crippen LogP contribution is 2.35. The maximum Gasteiger partial charge on any atom is 0.260 e. The summed E-state index contributed by atoms with van der Waals surface area (Å²) in [6, 6.07) is 0. The molecule has 0 fully saturated rings. The molecule has 2 aromatic rings. The van der Waals surface area contributed by atoms with Crippen LogP contribution < -0.4 is 5.56 Å². The molecule has 3 rings (SSSR count). The minimum atomic E-state index is -0.0363. The average molecular weight is 252 g/mol. The van der Waals surface area contributed by atoms with E-state index in [2.05, 4.69) is 16.9 Å². The van der Waals surface area contributed by atoms with E-state index in [1.165, 1.54) is 16.9 Å². The molecule has 0 aromatic carbocycles. The van der Waals surface area contributed by atoms with Crippen LogP contribution in [-0.4, -0.2) is 9.97 Å². The van der Waals surface area contributed by atoms with Crippen molar-refractivity contribution in [3.63, 3.8) is 0 Å². The molecule has 0 unspecified atom stereocenters. The number of hydrogen-bond donors (Lipinski definition) is 2. The Hall–Kier alpha value is -0.940. The van der Waals surface area contributed by atoms with Crippen molar-refractivity contribution >= 4 is 33.8 Å². The van der Waals surface area contributed by atoms with Crippen LogP contribution in [0.3, 0.4) is 0 Å². The summed E-state index contributed by atoms with van der Waals surface area (Å²) in [4.78, 5) is 19.9. The van der Waals surface area contributed by atoms with Crippen LogP contribution in [0, 0.1) is 10.7 Å². The first kappa shape index (κ1) is 10.2. The van der Waals surface area contributed by atoms with Crippen molar-refractivity contribution in [2.24, 2.45) is 5.92 Å². The third-order valence-corrected chi connectivity index (χ3v) is 4.57. The van der Waals surface area contributed by atoms with Crippen molar-refractivity contribution < 1.29 is 0 Å². The van der Waals surface area contributed by atoms with Gasteiger partial charge in [0.05, 0.1) is 5.39 Å². The summed E-state index contributed by atoms with van der Waals surface area (Å²) in [5.74, 6) is 0.725. The van der Waals surface area contributed by atoms with Gasteiger partial charge in [-0.3, -0.25) is 9.78 Å². The zero-order valence-corrected chi connectivity index (χ0v) is 10.6. The highest BCUT2D eigenvalue weighted by molar-refractivity contribution is 7.71. The molecule has 0 spiro atoms. The van der Waals surface area contributed by atoms with Gasteiger partial charge in [-0.1, -0.05) is 6.92 Å². The van der Waals surface area contributed by atoms with Crippen LogP contribution in [-0.2, 0) is 12.8 Å². The van der Waals surface area contributed by atoms with Gasteiger partial charge in [-0.25, -0.2) is 0 Å². The summed E-state index contributed by atoms with van der Waals surface area (Å²) >= 11 is 6.68. The van der Waals surface area contributed by atoms with Gasteiger partial charge in [0, 0.05) is 4.88 Å². The van der Waals surface area contributed by atoms with Crippen LogP contribution in [0.15, 0.2) is 4.79 Å². The molecule has 1 aliphatic carbocycles. The Bertz CT molecular complexity index is 665. The van der Waals surface area contributed by atoms with Gasteiger partial charge in [-0.05, 0) is 43.0 Å². The van der Waals surface area contributed by atoms with E-state index in [1.807, 2.05) is 0 Å². The van der Waals surface area contributed by atoms with Crippen LogP contribution in [0.5, 0.6) is 0 Å². The van der Waals surface area contributed by atoms with Gasteiger partial charge >= 0.3 is 0 Å². The van der Waals surface area contributed by atoms with Gasteiger partial charge in [0.25, 0.3) is 5.56 Å². The zero-order chi connectivity index (χ0) is 11.3. The second-order valence-electron chi connectivity index (χ2n) is 4.46. The van der Waals surface area contributed by atoms with Gasteiger partial charge < -0.3 is 4.98 Å². The molecule has 0 bridgehead atoms. The van der Waals surface area contributed by atoms with Gasteiger partial charge in [0.1, 0.15) is 4.83 Å². The lowest BCUT2D eigenvalue weighted by atomic mass is 9.89. The lowest BCUT2D eigenvalue weighted by Crippen LogP contribution is -2.12. The fourth-order valence-corrected chi connectivity index (χ4v) is 4.05. The van der Waals surface area contributed by atoms with Crippen LogP contribution in [0.1, 0.15) is 23.8 Å². The van der Waals surface area contributed by atoms with E-state index >= 15 is 0 Å². The summed E-state index contributed by atoms with van der Waals surface area (Å²) in [6.45, 7) is 2.26. The molecule has 1 atom stereocenters. The number of rotatable bonds is 0. The first-order valence-corrected chi connectivity index (χ1v) is 6.64. The summed E-state index contributed by atoms with van der Waals surface area (Å²) in [6.07, 6.45) is 3.28. The first-order valence-electron chi connectivity index (χ1n) is 5.42. The third kappa shape index (κ3) is 1.46. The fourth-order valence-electron chi connectivity index (χ4n) is 2.38. The molecule has 0 saturated carbocycles. The summed E-state index contributed by atoms with van der Waals surface area (Å²) in [5.41, 5.74) is 1.21. The average Bonchev–Trinajstić information content (AvgIpc) is 2.54. The van der Waals surface area contributed by atoms with Crippen LogP contribution in [0.4, 0.5) is 0 Å². The van der Waals surface area contributed by atoms with Crippen molar-refractivity contribution in [3.05, 3.63) is 25.6 Å². The number of aromatic amines is 2. The number of nitrogens with one attached hydrogen (secondary N) is 2. The van der Waals surface area contributed by atoms with Gasteiger partial charge in [0.15, 0.2) is 4.77 Å². The SMILES string of the molecule is C[C@H]1CCc2c(sc3[nH]c(=S)[nH]c(=O)c23)C1.